The zero-order valence-electron chi connectivity index (χ0n) is 30.4. The van der Waals surface area contributed by atoms with E-state index in [1.807, 2.05) is 84.9 Å². The van der Waals surface area contributed by atoms with Crippen LogP contribution < -0.4 is 15.3 Å². The van der Waals surface area contributed by atoms with Gasteiger partial charge in [-0.05, 0) is 73.7 Å². The van der Waals surface area contributed by atoms with Gasteiger partial charge in [-0.1, -0.05) is 133 Å². The fourth-order valence-corrected chi connectivity index (χ4v) is 18.4. The molecule has 0 radical (unpaired) electrons. The van der Waals surface area contributed by atoms with Crippen molar-refractivity contribution in [1.82, 2.24) is 0 Å². The molecule has 0 spiro atoms. The van der Waals surface area contributed by atoms with Gasteiger partial charge in [-0.15, -0.1) is 0 Å². The molecule has 4 nitrogen and oxygen atoms in total. The molecule has 3 aromatic rings. The summed E-state index contributed by atoms with van der Waals surface area (Å²) in [5, 5.41) is 14.5. The van der Waals surface area contributed by atoms with Crippen LogP contribution in [0.5, 0.6) is 5.75 Å². The summed E-state index contributed by atoms with van der Waals surface area (Å²) < 4.78 is 38.9. The zero-order valence-corrected chi connectivity index (χ0v) is 32.2. The summed E-state index contributed by atoms with van der Waals surface area (Å²) in [4.78, 5) is 0. The summed E-state index contributed by atoms with van der Waals surface area (Å²) in [6, 6.07) is 27.8. The summed E-state index contributed by atoms with van der Waals surface area (Å²) in [5.41, 5.74) is 0.105. The van der Waals surface area contributed by atoms with Gasteiger partial charge in [0.1, 0.15) is 25.9 Å². The highest BCUT2D eigenvalue weighted by molar-refractivity contribution is 7.73. The van der Waals surface area contributed by atoms with Gasteiger partial charge in [0.05, 0.1) is 7.11 Å². The number of para-hydroxylation sites is 1. The first kappa shape index (κ1) is 37.1. The fraction of sp³-hybridized carbons (Fsp3) is 0.571. The van der Waals surface area contributed by atoms with E-state index in [2.05, 4.69) is 41.5 Å². The van der Waals surface area contributed by atoms with Crippen LogP contribution in [-0.4, -0.2) is 29.4 Å². The van der Waals surface area contributed by atoms with Gasteiger partial charge in [0.2, 0.25) is 0 Å². The number of benzene rings is 3. The van der Waals surface area contributed by atoms with Crippen molar-refractivity contribution < 1.29 is 19.0 Å². The predicted molar refractivity (Wildman–Crippen MR) is 204 cm³/mol. The highest BCUT2D eigenvalue weighted by Gasteiger charge is 2.53. The van der Waals surface area contributed by atoms with Gasteiger partial charge in [-0.2, -0.15) is 0 Å². The lowest BCUT2D eigenvalue weighted by atomic mass is 9.77. The molecule has 2 fully saturated rings. The molecule has 0 aliphatic heterocycles. The van der Waals surface area contributed by atoms with Crippen molar-refractivity contribution in [2.24, 2.45) is 35.5 Å². The molecule has 2 unspecified atom stereocenters. The minimum Gasteiger partial charge on any atom is -0.496 e. The van der Waals surface area contributed by atoms with Gasteiger partial charge in [0.25, 0.3) is 0 Å². The monoisotopic (exact) mass is 690 g/mol. The molecule has 0 saturated heterocycles. The second-order valence-electron chi connectivity index (χ2n) is 15.9. The van der Waals surface area contributed by atoms with Crippen LogP contribution in [0.25, 0.3) is 0 Å². The number of ether oxygens (including phenoxy) is 1. The summed E-state index contributed by atoms with van der Waals surface area (Å²) >= 11 is 0. The van der Waals surface area contributed by atoms with Crippen LogP contribution >= 0.6 is 14.3 Å². The van der Waals surface area contributed by atoms with Crippen LogP contribution in [0.1, 0.15) is 97.7 Å². The third kappa shape index (κ3) is 7.33. The molecule has 5 rings (SSSR count). The van der Waals surface area contributed by atoms with Crippen LogP contribution in [0.15, 0.2) is 84.9 Å². The van der Waals surface area contributed by atoms with E-state index in [0.29, 0.717) is 29.4 Å². The largest absolute Gasteiger partial charge is 0.496 e. The van der Waals surface area contributed by atoms with Crippen LogP contribution in [0, 0.1) is 35.5 Å². The van der Waals surface area contributed by atoms with Crippen molar-refractivity contribution in [2.75, 3.05) is 7.11 Å². The lowest BCUT2D eigenvalue weighted by Gasteiger charge is -2.47. The summed E-state index contributed by atoms with van der Waals surface area (Å²) in [6.07, 6.45) is 6.18. The number of hydrogen-bond acceptors (Lipinski definition) is 4. The molecule has 2 saturated carbocycles. The second-order valence-corrected chi connectivity index (χ2v) is 22.3. The van der Waals surface area contributed by atoms with Crippen molar-refractivity contribution in [3.05, 3.63) is 90.5 Å². The Balaban J connectivity index is 1.74. The Morgan fingerprint density at radius 2 is 1.10 bits per heavy atom. The maximum atomic E-state index is 16.7. The zero-order chi connectivity index (χ0) is 34.6. The van der Waals surface area contributed by atoms with Gasteiger partial charge in [-0.25, -0.2) is 0 Å². The molecule has 6 heteroatoms. The average molecular weight is 691 g/mol. The maximum Gasteiger partial charge on any atom is 0.145 e. The first-order valence-electron chi connectivity index (χ1n) is 18.5. The number of rotatable bonds is 12. The summed E-state index contributed by atoms with van der Waals surface area (Å²) in [6.45, 7) is 13.6. The number of methoxy groups -OCH3 is 1. The molecule has 10 atom stereocenters. The van der Waals surface area contributed by atoms with E-state index in [1.54, 1.807) is 7.11 Å². The Morgan fingerprint density at radius 3 is 1.58 bits per heavy atom. The highest BCUT2D eigenvalue weighted by atomic mass is 31.2. The smallest absolute Gasteiger partial charge is 0.145 e. The van der Waals surface area contributed by atoms with E-state index >= 15 is 9.13 Å². The van der Waals surface area contributed by atoms with Crippen molar-refractivity contribution >= 4 is 24.9 Å². The van der Waals surface area contributed by atoms with E-state index < -0.39 is 25.8 Å². The quantitative estimate of drug-likeness (QED) is 0.192. The van der Waals surface area contributed by atoms with Gasteiger partial charge < -0.3 is 19.0 Å². The van der Waals surface area contributed by atoms with Crippen LogP contribution in [0.4, 0.5) is 0 Å². The second kappa shape index (κ2) is 15.8. The Hall–Kier alpha value is -2.12. The third-order valence-corrected chi connectivity index (χ3v) is 20.0. The van der Waals surface area contributed by atoms with Crippen molar-refractivity contribution in [1.29, 1.82) is 0 Å². The van der Waals surface area contributed by atoms with Gasteiger partial charge in [-0.3, -0.25) is 0 Å². The van der Waals surface area contributed by atoms with Crippen LogP contribution in [0.3, 0.4) is 0 Å². The predicted octanol–water partition coefficient (Wildman–Crippen LogP) is 10.7. The minimum absolute atomic E-state index is 0.0556. The van der Waals surface area contributed by atoms with Crippen molar-refractivity contribution in [3.63, 3.8) is 0 Å². The van der Waals surface area contributed by atoms with Crippen molar-refractivity contribution in [2.45, 2.75) is 109 Å². The average Bonchev–Trinajstić information content (AvgIpc) is 3.10. The molecule has 0 bridgehead atoms. The highest BCUT2D eigenvalue weighted by Crippen LogP contribution is 2.72. The van der Waals surface area contributed by atoms with Gasteiger partial charge in [0, 0.05) is 33.1 Å². The normalized spacial score (nSPS) is 28.7. The molecule has 2 aliphatic rings. The lowest BCUT2D eigenvalue weighted by Crippen LogP contribution is -2.40. The fourth-order valence-electron chi connectivity index (χ4n) is 9.48. The molecular weight excluding hydrogens is 630 g/mol. The standard InChI is InChI=1S/C42H60O4P2/c1-29(2)35-24-22-31(5)26-39(35)47(44,33-16-10-8-11-17-33)41(37-20-14-15-21-38(37)46-7)28-42(43)48(45,34-18-12-9-13-19-34)40-27-32(6)23-25-36(40)30(3)4/h8-21,29-32,35-36,39-43H,22-28H2,1-7H3/t31-,32-,35+,36+,39-,40-,41+,42+,47?,48?/m1/s1. The first-order valence-corrected chi connectivity index (χ1v) is 22.2. The third-order valence-electron chi connectivity index (χ3n) is 12.1. The van der Waals surface area contributed by atoms with E-state index in [9.17, 15) is 5.11 Å². The molecule has 0 aromatic heterocycles. The Bertz CT molecular complexity index is 1550. The SMILES string of the molecule is COc1ccccc1[C@H](C[C@@H](O)P(=O)(c1ccccc1)[C@@H]1C[C@H](C)CC[C@H]1C(C)C)P(=O)(c1ccccc1)[C@@H]1C[C@H](C)CC[C@H]1C(C)C. The first-order chi connectivity index (χ1) is 22.9. The maximum absolute atomic E-state index is 16.7. The van der Waals surface area contributed by atoms with Crippen LogP contribution in [-0.2, 0) is 9.13 Å². The molecule has 0 amide bonds. The van der Waals surface area contributed by atoms with E-state index in [0.717, 1.165) is 54.7 Å². The number of aliphatic hydroxyl groups excluding tert-OH is 1. The van der Waals surface area contributed by atoms with Gasteiger partial charge >= 0.3 is 0 Å². The Morgan fingerprint density at radius 1 is 0.667 bits per heavy atom. The van der Waals surface area contributed by atoms with E-state index in [4.69, 9.17) is 4.74 Å². The van der Waals surface area contributed by atoms with E-state index in [-0.39, 0.29) is 29.6 Å². The van der Waals surface area contributed by atoms with E-state index in [1.165, 1.54) is 0 Å². The molecule has 0 heterocycles. The summed E-state index contributed by atoms with van der Waals surface area (Å²) in [7, 11) is -5.10. The summed E-state index contributed by atoms with van der Waals surface area (Å²) in [5.74, 6) is 1.67. The molecule has 3 aromatic carbocycles. The molecular formula is C42H60O4P2. The lowest BCUT2D eigenvalue weighted by molar-refractivity contribution is 0.206. The number of aliphatic hydroxyl groups is 1. The Kier molecular flexibility index (Phi) is 12.3. The van der Waals surface area contributed by atoms with Crippen molar-refractivity contribution in [3.8, 4) is 5.75 Å². The van der Waals surface area contributed by atoms with Gasteiger partial charge in [0.15, 0.2) is 0 Å². The topological polar surface area (TPSA) is 63.6 Å². The molecule has 262 valence electrons. The molecule has 2 aliphatic carbocycles. The Labute approximate surface area is 291 Å². The molecule has 48 heavy (non-hydrogen) atoms. The molecule has 1 N–H and O–H groups in total. The number of hydrogen-bond donors (Lipinski definition) is 1. The minimum atomic E-state index is -3.44. The van der Waals surface area contributed by atoms with Crippen LogP contribution in [0.2, 0.25) is 0 Å².